The molecule has 2 atom stereocenters. The highest BCUT2D eigenvalue weighted by molar-refractivity contribution is 5.97. The van der Waals surface area contributed by atoms with Crippen molar-refractivity contribution in [3.05, 3.63) is 30.1 Å². The fourth-order valence-corrected chi connectivity index (χ4v) is 2.19. The lowest BCUT2D eigenvalue weighted by Crippen LogP contribution is -2.11. The molecule has 1 aliphatic carbocycles. The van der Waals surface area contributed by atoms with Crippen LogP contribution in [0.4, 0.5) is 0 Å². The molecule has 1 saturated carbocycles. The summed E-state index contributed by atoms with van der Waals surface area (Å²) < 4.78 is 0. The minimum Gasteiger partial charge on any atom is -0.294 e. The number of rotatable bonds is 2. The van der Waals surface area contributed by atoms with Crippen LogP contribution in [0.2, 0.25) is 0 Å². The number of carbonyl (C=O) groups is 1. The lowest BCUT2D eigenvalue weighted by molar-refractivity contribution is 0.0920. The van der Waals surface area contributed by atoms with Gasteiger partial charge < -0.3 is 0 Å². The van der Waals surface area contributed by atoms with Crippen molar-refractivity contribution in [1.82, 2.24) is 4.98 Å². The van der Waals surface area contributed by atoms with E-state index in [0.29, 0.717) is 5.92 Å². The summed E-state index contributed by atoms with van der Waals surface area (Å²) in [6, 6.07) is 3.68. The van der Waals surface area contributed by atoms with Crippen LogP contribution in [0.3, 0.4) is 0 Å². The first-order valence-corrected chi connectivity index (χ1v) is 5.21. The van der Waals surface area contributed by atoms with E-state index in [1.807, 2.05) is 12.1 Å². The Morgan fingerprint density at radius 1 is 1.50 bits per heavy atom. The monoisotopic (exact) mass is 189 g/mol. The molecular weight excluding hydrogens is 174 g/mol. The van der Waals surface area contributed by atoms with E-state index in [4.69, 9.17) is 0 Å². The average Bonchev–Trinajstić information content (AvgIpc) is 2.65. The van der Waals surface area contributed by atoms with E-state index in [1.54, 1.807) is 12.4 Å². The molecule has 1 fully saturated rings. The number of pyridine rings is 1. The fraction of sp³-hybridized carbons (Fsp3) is 0.500. The first-order chi connectivity index (χ1) is 6.77. The summed E-state index contributed by atoms with van der Waals surface area (Å²) in [5.41, 5.74) is 0.770. The van der Waals surface area contributed by atoms with Crippen LogP contribution in [-0.4, -0.2) is 10.8 Å². The van der Waals surface area contributed by atoms with Gasteiger partial charge in [0.15, 0.2) is 5.78 Å². The molecule has 1 aliphatic rings. The maximum atomic E-state index is 12.0. The van der Waals surface area contributed by atoms with E-state index < -0.39 is 0 Å². The minimum atomic E-state index is 0.245. The standard InChI is InChI=1S/C12H15NO/c1-9-4-5-10(7-9)12(14)11-3-2-6-13-8-11/h2-3,6,8-10H,4-5,7H2,1H3. The quantitative estimate of drug-likeness (QED) is 0.669. The number of aromatic nitrogens is 1. The van der Waals surface area contributed by atoms with Gasteiger partial charge in [0.05, 0.1) is 0 Å². The Balaban J connectivity index is 2.10. The highest BCUT2D eigenvalue weighted by atomic mass is 16.1. The lowest BCUT2D eigenvalue weighted by Gasteiger charge is -2.07. The summed E-state index contributed by atoms with van der Waals surface area (Å²) in [6.45, 7) is 2.22. The third kappa shape index (κ3) is 1.84. The van der Waals surface area contributed by atoms with Crippen molar-refractivity contribution < 1.29 is 4.79 Å². The van der Waals surface area contributed by atoms with Crippen molar-refractivity contribution >= 4 is 5.78 Å². The number of Topliss-reactive ketones (excluding diaryl/α,β-unsaturated/α-hetero) is 1. The Bertz CT molecular complexity index is 320. The van der Waals surface area contributed by atoms with Crippen LogP contribution in [0.1, 0.15) is 36.5 Å². The van der Waals surface area contributed by atoms with Crippen molar-refractivity contribution in [3.63, 3.8) is 0 Å². The number of nitrogens with zero attached hydrogens (tertiary/aromatic N) is 1. The molecule has 1 aromatic heterocycles. The molecular formula is C12H15NO. The molecule has 0 amide bonds. The van der Waals surface area contributed by atoms with E-state index in [1.165, 1.54) is 6.42 Å². The average molecular weight is 189 g/mol. The third-order valence-electron chi connectivity index (χ3n) is 3.01. The number of hydrogen-bond donors (Lipinski definition) is 0. The van der Waals surface area contributed by atoms with E-state index in [0.717, 1.165) is 18.4 Å². The molecule has 2 rings (SSSR count). The molecule has 0 N–H and O–H groups in total. The maximum absolute atomic E-state index is 12.0. The zero-order valence-corrected chi connectivity index (χ0v) is 8.44. The predicted molar refractivity (Wildman–Crippen MR) is 55.1 cm³/mol. The van der Waals surface area contributed by atoms with Crippen LogP contribution in [0.5, 0.6) is 0 Å². The second-order valence-corrected chi connectivity index (χ2v) is 4.22. The summed E-state index contributed by atoms with van der Waals surface area (Å²) in [5, 5.41) is 0. The first kappa shape index (κ1) is 9.38. The normalized spacial score (nSPS) is 26.4. The summed E-state index contributed by atoms with van der Waals surface area (Å²) >= 11 is 0. The van der Waals surface area contributed by atoms with Crippen LogP contribution >= 0.6 is 0 Å². The summed E-state index contributed by atoms with van der Waals surface area (Å²) in [5.74, 6) is 1.23. The number of ketones is 1. The van der Waals surface area contributed by atoms with E-state index >= 15 is 0 Å². The Morgan fingerprint density at radius 2 is 2.36 bits per heavy atom. The van der Waals surface area contributed by atoms with Crippen molar-refractivity contribution in [2.75, 3.05) is 0 Å². The van der Waals surface area contributed by atoms with Crippen molar-refractivity contribution in [2.45, 2.75) is 26.2 Å². The highest BCUT2D eigenvalue weighted by Gasteiger charge is 2.27. The summed E-state index contributed by atoms with van der Waals surface area (Å²) in [7, 11) is 0. The van der Waals surface area contributed by atoms with Crippen LogP contribution in [-0.2, 0) is 0 Å². The molecule has 2 heteroatoms. The Hall–Kier alpha value is -1.18. The van der Waals surface area contributed by atoms with Gasteiger partial charge in [-0.05, 0) is 37.3 Å². The van der Waals surface area contributed by atoms with Gasteiger partial charge in [0, 0.05) is 23.9 Å². The van der Waals surface area contributed by atoms with Crippen molar-refractivity contribution in [3.8, 4) is 0 Å². The zero-order chi connectivity index (χ0) is 9.97. The Morgan fingerprint density at radius 3 is 2.93 bits per heavy atom. The summed E-state index contributed by atoms with van der Waals surface area (Å²) in [4.78, 5) is 15.9. The second kappa shape index (κ2) is 3.91. The lowest BCUT2D eigenvalue weighted by atomic mass is 9.96. The first-order valence-electron chi connectivity index (χ1n) is 5.21. The highest BCUT2D eigenvalue weighted by Crippen LogP contribution is 2.32. The third-order valence-corrected chi connectivity index (χ3v) is 3.01. The van der Waals surface area contributed by atoms with Gasteiger partial charge in [0.25, 0.3) is 0 Å². The van der Waals surface area contributed by atoms with Gasteiger partial charge >= 0.3 is 0 Å². The van der Waals surface area contributed by atoms with Gasteiger partial charge in [0.2, 0.25) is 0 Å². The molecule has 0 saturated heterocycles. The Labute approximate surface area is 84.4 Å². The predicted octanol–water partition coefficient (Wildman–Crippen LogP) is 2.70. The molecule has 1 aromatic rings. The van der Waals surface area contributed by atoms with Gasteiger partial charge in [-0.1, -0.05) is 6.92 Å². The van der Waals surface area contributed by atoms with Crippen LogP contribution < -0.4 is 0 Å². The molecule has 74 valence electrons. The molecule has 0 aromatic carbocycles. The molecule has 0 radical (unpaired) electrons. The summed E-state index contributed by atoms with van der Waals surface area (Å²) in [6.07, 6.45) is 6.67. The fourth-order valence-electron chi connectivity index (χ4n) is 2.19. The van der Waals surface area contributed by atoms with Crippen molar-refractivity contribution in [1.29, 1.82) is 0 Å². The van der Waals surface area contributed by atoms with Crippen LogP contribution in [0, 0.1) is 11.8 Å². The van der Waals surface area contributed by atoms with Gasteiger partial charge in [-0.15, -0.1) is 0 Å². The molecule has 2 nitrogen and oxygen atoms in total. The van der Waals surface area contributed by atoms with Gasteiger partial charge in [-0.2, -0.15) is 0 Å². The number of hydrogen-bond acceptors (Lipinski definition) is 2. The molecule has 0 aliphatic heterocycles. The SMILES string of the molecule is CC1CCC(C(=O)c2cccnc2)C1. The largest absolute Gasteiger partial charge is 0.294 e. The maximum Gasteiger partial charge on any atom is 0.167 e. The zero-order valence-electron chi connectivity index (χ0n) is 8.44. The van der Waals surface area contributed by atoms with Crippen LogP contribution in [0.15, 0.2) is 24.5 Å². The topological polar surface area (TPSA) is 30.0 Å². The molecule has 14 heavy (non-hydrogen) atoms. The van der Waals surface area contributed by atoms with E-state index in [2.05, 4.69) is 11.9 Å². The number of carbonyl (C=O) groups excluding carboxylic acids is 1. The smallest absolute Gasteiger partial charge is 0.167 e. The van der Waals surface area contributed by atoms with E-state index in [9.17, 15) is 4.79 Å². The van der Waals surface area contributed by atoms with Crippen molar-refractivity contribution in [2.24, 2.45) is 11.8 Å². The molecule has 1 heterocycles. The second-order valence-electron chi connectivity index (χ2n) is 4.22. The van der Waals surface area contributed by atoms with E-state index in [-0.39, 0.29) is 11.7 Å². The van der Waals surface area contributed by atoms with Gasteiger partial charge in [0.1, 0.15) is 0 Å². The molecule has 0 bridgehead atoms. The Kier molecular flexibility index (Phi) is 2.62. The minimum absolute atomic E-state index is 0.245. The molecule has 0 spiro atoms. The van der Waals surface area contributed by atoms with Gasteiger partial charge in [-0.25, -0.2) is 0 Å². The van der Waals surface area contributed by atoms with Gasteiger partial charge in [-0.3, -0.25) is 9.78 Å². The van der Waals surface area contributed by atoms with Crippen LogP contribution in [0.25, 0.3) is 0 Å². The molecule has 2 unspecified atom stereocenters.